The van der Waals surface area contributed by atoms with E-state index < -0.39 is 26.6 Å². The topological polar surface area (TPSA) is 89.3 Å². The number of nitrogens with two attached hydrogens (primary N) is 1. The minimum Gasteiger partial charge on any atom is -0.352 e. The smallest absolute Gasteiger partial charge is 0.251 e. The van der Waals surface area contributed by atoms with Gasteiger partial charge in [0.15, 0.2) is 0 Å². The van der Waals surface area contributed by atoms with Crippen LogP contribution in [-0.2, 0) is 10.0 Å². The maximum Gasteiger partial charge on any atom is 0.251 e. The Hall–Kier alpha value is -1.47. The fraction of sp³-hybridized carbons (Fsp3) is 0.417. The van der Waals surface area contributed by atoms with Crippen molar-refractivity contribution >= 4 is 15.9 Å². The summed E-state index contributed by atoms with van der Waals surface area (Å²) >= 11 is 0. The number of rotatable bonds is 5. The van der Waals surface area contributed by atoms with Gasteiger partial charge in [-0.2, -0.15) is 0 Å². The predicted molar refractivity (Wildman–Crippen MR) is 69.6 cm³/mol. The molecule has 0 aliphatic carbocycles. The van der Waals surface area contributed by atoms with Gasteiger partial charge in [-0.05, 0) is 30.5 Å². The van der Waals surface area contributed by atoms with Crippen molar-refractivity contribution in [1.29, 1.82) is 0 Å². The Kier molecular flexibility index (Phi) is 5.02. The maximum absolute atomic E-state index is 13.3. The van der Waals surface area contributed by atoms with Gasteiger partial charge in [-0.25, -0.2) is 17.9 Å². The van der Waals surface area contributed by atoms with Gasteiger partial charge >= 0.3 is 0 Å². The standard InChI is InChI=1S/C12H17FN2O3S/c1-8(2)3-4-15-12(16)9-5-10(13)7-11(6-9)19(14,17)18/h5-8H,3-4H2,1-2H3,(H,15,16)(H2,14,17,18). The number of nitrogens with one attached hydrogen (secondary N) is 1. The van der Waals surface area contributed by atoms with Gasteiger partial charge < -0.3 is 5.32 Å². The fourth-order valence-corrected chi connectivity index (χ4v) is 2.00. The minimum atomic E-state index is -4.04. The zero-order valence-corrected chi connectivity index (χ0v) is 11.6. The van der Waals surface area contributed by atoms with E-state index in [1.54, 1.807) is 0 Å². The van der Waals surface area contributed by atoms with Gasteiger partial charge in [-0.1, -0.05) is 13.8 Å². The molecule has 0 saturated carbocycles. The highest BCUT2D eigenvalue weighted by Crippen LogP contribution is 2.13. The molecule has 0 atom stereocenters. The molecule has 3 N–H and O–H groups in total. The van der Waals surface area contributed by atoms with E-state index in [0.717, 1.165) is 24.6 Å². The molecule has 1 aromatic rings. The lowest BCUT2D eigenvalue weighted by Gasteiger charge is -2.08. The molecule has 5 nitrogen and oxygen atoms in total. The molecular formula is C12H17FN2O3S. The summed E-state index contributed by atoms with van der Waals surface area (Å²) in [5.74, 6) is -0.918. The van der Waals surface area contributed by atoms with Crippen molar-refractivity contribution in [3.05, 3.63) is 29.6 Å². The number of primary sulfonamides is 1. The van der Waals surface area contributed by atoms with Crippen molar-refractivity contribution in [2.24, 2.45) is 11.1 Å². The number of carbonyl (C=O) groups excluding carboxylic acids is 1. The minimum absolute atomic E-state index is 0.0622. The summed E-state index contributed by atoms with van der Waals surface area (Å²) in [6.45, 7) is 4.46. The van der Waals surface area contributed by atoms with Crippen molar-refractivity contribution in [2.45, 2.75) is 25.2 Å². The second-order valence-electron chi connectivity index (χ2n) is 4.66. The van der Waals surface area contributed by atoms with Crippen LogP contribution < -0.4 is 10.5 Å². The molecule has 1 aromatic carbocycles. The third kappa shape index (κ3) is 4.96. The Bertz CT molecular complexity index is 570. The molecule has 7 heteroatoms. The van der Waals surface area contributed by atoms with Crippen LogP contribution >= 0.6 is 0 Å². The first-order valence-electron chi connectivity index (χ1n) is 5.81. The van der Waals surface area contributed by atoms with Crippen molar-refractivity contribution in [2.75, 3.05) is 6.54 Å². The van der Waals surface area contributed by atoms with Crippen molar-refractivity contribution < 1.29 is 17.6 Å². The molecule has 0 aromatic heterocycles. The van der Waals surface area contributed by atoms with Gasteiger partial charge in [-0.15, -0.1) is 0 Å². The van der Waals surface area contributed by atoms with E-state index in [4.69, 9.17) is 5.14 Å². The summed E-state index contributed by atoms with van der Waals surface area (Å²) in [6.07, 6.45) is 0.781. The van der Waals surface area contributed by atoms with E-state index in [1.165, 1.54) is 0 Å². The van der Waals surface area contributed by atoms with Crippen LogP contribution in [0.3, 0.4) is 0 Å². The normalized spacial score (nSPS) is 11.6. The predicted octanol–water partition coefficient (Wildman–Crippen LogP) is 1.25. The highest BCUT2D eigenvalue weighted by Gasteiger charge is 2.14. The van der Waals surface area contributed by atoms with E-state index in [0.29, 0.717) is 12.5 Å². The van der Waals surface area contributed by atoms with Crippen LogP contribution in [0.2, 0.25) is 0 Å². The number of halogens is 1. The largest absolute Gasteiger partial charge is 0.352 e. The van der Waals surface area contributed by atoms with E-state index in [9.17, 15) is 17.6 Å². The number of amides is 1. The summed E-state index contributed by atoms with van der Waals surface area (Å²) in [5, 5.41) is 7.50. The number of hydrogen-bond donors (Lipinski definition) is 2. The van der Waals surface area contributed by atoms with Crippen molar-refractivity contribution in [1.82, 2.24) is 5.32 Å². The molecule has 0 heterocycles. The third-order valence-corrected chi connectivity index (χ3v) is 3.36. The van der Waals surface area contributed by atoms with Crippen molar-refractivity contribution in [3.63, 3.8) is 0 Å². The van der Waals surface area contributed by atoms with E-state index >= 15 is 0 Å². The average Bonchev–Trinajstić information content (AvgIpc) is 2.26. The summed E-state index contributed by atoms with van der Waals surface area (Å²) in [5.41, 5.74) is -0.0622. The lowest BCUT2D eigenvalue weighted by Crippen LogP contribution is -2.26. The van der Waals surface area contributed by atoms with Crippen LogP contribution in [0.25, 0.3) is 0 Å². The molecule has 0 unspecified atom stereocenters. The second-order valence-corrected chi connectivity index (χ2v) is 6.22. The molecule has 19 heavy (non-hydrogen) atoms. The van der Waals surface area contributed by atoms with Crippen LogP contribution in [0.4, 0.5) is 4.39 Å². The molecule has 1 amide bonds. The molecule has 106 valence electrons. The Balaban J connectivity index is 2.89. The molecule has 0 saturated heterocycles. The maximum atomic E-state index is 13.3. The molecule has 1 rings (SSSR count). The quantitative estimate of drug-likeness (QED) is 0.854. The first kappa shape index (κ1) is 15.6. The molecule has 0 spiro atoms. The first-order chi connectivity index (χ1) is 8.70. The van der Waals surface area contributed by atoms with Gasteiger partial charge in [0.25, 0.3) is 5.91 Å². The van der Waals surface area contributed by atoms with E-state index in [1.807, 2.05) is 13.8 Å². The van der Waals surface area contributed by atoms with Gasteiger partial charge in [0.1, 0.15) is 5.82 Å². The number of sulfonamides is 1. The summed E-state index contributed by atoms with van der Waals surface area (Å²) in [6, 6.07) is 2.81. The van der Waals surface area contributed by atoms with E-state index in [-0.39, 0.29) is 5.56 Å². The van der Waals surface area contributed by atoms with Crippen LogP contribution in [0.1, 0.15) is 30.6 Å². The average molecular weight is 288 g/mol. The van der Waals surface area contributed by atoms with Gasteiger partial charge in [0.2, 0.25) is 10.0 Å². The number of carbonyl (C=O) groups is 1. The lowest BCUT2D eigenvalue weighted by atomic mass is 10.1. The highest BCUT2D eigenvalue weighted by molar-refractivity contribution is 7.89. The number of hydrogen-bond acceptors (Lipinski definition) is 3. The zero-order valence-electron chi connectivity index (χ0n) is 10.8. The Labute approximate surface area is 112 Å². The monoisotopic (exact) mass is 288 g/mol. The van der Waals surface area contributed by atoms with Crippen LogP contribution in [0.15, 0.2) is 23.1 Å². The fourth-order valence-electron chi connectivity index (χ4n) is 1.43. The number of benzene rings is 1. The zero-order chi connectivity index (χ0) is 14.6. The Morgan fingerprint density at radius 2 is 2.00 bits per heavy atom. The Morgan fingerprint density at radius 3 is 2.53 bits per heavy atom. The van der Waals surface area contributed by atoms with Gasteiger partial charge in [0.05, 0.1) is 4.90 Å². The molecule has 0 fully saturated rings. The second kappa shape index (κ2) is 6.12. The summed E-state index contributed by atoms with van der Waals surface area (Å²) in [7, 11) is -4.04. The first-order valence-corrected chi connectivity index (χ1v) is 7.36. The van der Waals surface area contributed by atoms with Crippen LogP contribution in [-0.4, -0.2) is 20.9 Å². The SMILES string of the molecule is CC(C)CCNC(=O)c1cc(F)cc(S(N)(=O)=O)c1. The highest BCUT2D eigenvalue weighted by atomic mass is 32.2. The molecule has 0 aliphatic rings. The van der Waals surface area contributed by atoms with Gasteiger partial charge in [-0.3, -0.25) is 4.79 Å². The summed E-state index contributed by atoms with van der Waals surface area (Å²) < 4.78 is 35.6. The molecule has 0 radical (unpaired) electrons. The van der Waals surface area contributed by atoms with E-state index in [2.05, 4.69) is 5.32 Å². The molecular weight excluding hydrogens is 271 g/mol. The van der Waals surface area contributed by atoms with Crippen LogP contribution in [0.5, 0.6) is 0 Å². The molecule has 0 aliphatic heterocycles. The Morgan fingerprint density at radius 1 is 1.37 bits per heavy atom. The lowest BCUT2D eigenvalue weighted by molar-refractivity contribution is 0.0951. The van der Waals surface area contributed by atoms with Gasteiger partial charge in [0, 0.05) is 12.1 Å². The van der Waals surface area contributed by atoms with Crippen LogP contribution in [0, 0.1) is 11.7 Å². The third-order valence-electron chi connectivity index (χ3n) is 2.47. The summed E-state index contributed by atoms with van der Waals surface area (Å²) in [4.78, 5) is 11.3. The molecule has 0 bridgehead atoms. The van der Waals surface area contributed by atoms with Crippen molar-refractivity contribution in [3.8, 4) is 0 Å².